The van der Waals surface area contributed by atoms with Crippen LogP contribution in [-0.2, 0) is 0 Å². The molecule has 7 aromatic rings. The maximum absolute atomic E-state index is 6.92. The summed E-state index contributed by atoms with van der Waals surface area (Å²) in [6.07, 6.45) is 0. The molecule has 6 nitrogen and oxygen atoms in total. The Morgan fingerprint density at radius 1 is 0.579 bits per heavy atom. The fourth-order valence-electron chi connectivity index (χ4n) is 5.50. The van der Waals surface area contributed by atoms with Gasteiger partial charge in [-0.25, -0.2) is 9.98 Å². The van der Waals surface area contributed by atoms with Gasteiger partial charge in [0, 0.05) is 39.2 Å². The molecule has 0 radical (unpaired) electrons. The Labute approximate surface area is 219 Å². The van der Waals surface area contributed by atoms with E-state index in [1.54, 1.807) is 0 Å². The van der Waals surface area contributed by atoms with Crippen LogP contribution in [0.2, 0.25) is 5.02 Å². The second kappa shape index (κ2) is 6.94. The molecule has 9 rings (SSSR count). The normalized spacial score (nSPS) is 13.3. The number of para-hydroxylation sites is 2. The third-order valence-electron chi connectivity index (χ3n) is 7.34. The maximum atomic E-state index is 6.92. The predicted molar refractivity (Wildman–Crippen MR) is 145 cm³/mol. The molecule has 2 aliphatic rings. The number of ether oxygens (including phenoxy) is 2. The van der Waals surface area contributed by atoms with Gasteiger partial charge in [0.15, 0.2) is 23.0 Å². The summed E-state index contributed by atoms with van der Waals surface area (Å²) in [7, 11) is 0. The van der Waals surface area contributed by atoms with Crippen LogP contribution in [0.5, 0.6) is 23.0 Å². The first-order valence-electron chi connectivity index (χ1n) is 12.2. The fraction of sp³-hybridized carbons (Fsp3) is 0.0323. The van der Waals surface area contributed by atoms with Crippen LogP contribution in [0.25, 0.3) is 43.9 Å². The molecule has 0 atom stereocenters. The molecule has 2 aromatic heterocycles. The van der Waals surface area contributed by atoms with Crippen molar-refractivity contribution in [1.29, 1.82) is 0 Å². The number of fused-ring (bicyclic) bond motifs is 10. The largest absolute Gasteiger partial charge is 0.456 e. The highest BCUT2D eigenvalue weighted by Gasteiger charge is 2.27. The zero-order chi connectivity index (χ0) is 25.1. The SMILES string of the molecule is Cc1c2c(c(Cl)c3c1=Nc1cc4c(cc1O3)oc1ccccc14)=Nc1cc3c(cc1O2)oc1ccccc13. The van der Waals surface area contributed by atoms with Gasteiger partial charge in [-0.15, -0.1) is 0 Å². The lowest BCUT2D eigenvalue weighted by Gasteiger charge is -2.21. The molecular weight excluding hydrogens is 500 g/mol. The molecule has 38 heavy (non-hydrogen) atoms. The van der Waals surface area contributed by atoms with Gasteiger partial charge in [0.25, 0.3) is 0 Å². The molecule has 0 N–H and O–H groups in total. The Kier molecular flexibility index (Phi) is 3.70. The van der Waals surface area contributed by atoms with Crippen LogP contribution in [0.1, 0.15) is 5.56 Å². The topological polar surface area (TPSA) is 69.5 Å². The van der Waals surface area contributed by atoms with Gasteiger partial charge in [-0.2, -0.15) is 0 Å². The highest BCUT2D eigenvalue weighted by atomic mass is 35.5. The minimum Gasteiger partial charge on any atom is -0.456 e. The smallest absolute Gasteiger partial charge is 0.174 e. The van der Waals surface area contributed by atoms with E-state index in [1.807, 2.05) is 79.7 Å². The van der Waals surface area contributed by atoms with Gasteiger partial charge < -0.3 is 18.3 Å². The van der Waals surface area contributed by atoms with Gasteiger partial charge >= 0.3 is 0 Å². The minimum absolute atomic E-state index is 0.350. The lowest BCUT2D eigenvalue weighted by Crippen LogP contribution is -2.23. The first kappa shape index (κ1) is 20.3. The molecule has 0 fully saturated rings. The second-order valence-corrected chi connectivity index (χ2v) is 9.93. The summed E-state index contributed by atoms with van der Waals surface area (Å²) in [5.41, 5.74) is 5.27. The van der Waals surface area contributed by atoms with Crippen LogP contribution in [0.3, 0.4) is 0 Å². The van der Waals surface area contributed by atoms with E-state index >= 15 is 0 Å². The van der Waals surface area contributed by atoms with Crippen molar-refractivity contribution in [2.75, 3.05) is 0 Å². The van der Waals surface area contributed by atoms with Crippen LogP contribution in [0.4, 0.5) is 11.4 Å². The fourth-order valence-corrected chi connectivity index (χ4v) is 5.76. The summed E-state index contributed by atoms with van der Waals surface area (Å²) in [5.74, 6) is 2.19. The number of halogens is 1. The van der Waals surface area contributed by atoms with Crippen molar-refractivity contribution in [2.24, 2.45) is 9.98 Å². The van der Waals surface area contributed by atoms with Crippen LogP contribution < -0.4 is 20.2 Å². The van der Waals surface area contributed by atoms with Crippen molar-refractivity contribution in [3.05, 3.63) is 94.1 Å². The molecule has 180 valence electrons. The number of hydrogen-bond donors (Lipinski definition) is 0. The molecule has 0 saturated heterocycles. The summed E-state index contributed by atoms with van der Waals surface area (Å²) in [6, 6.07) is 23.6. The Balaban J connectivity index is 1.28. The van der Waals surface area contributed by atoms with Crippen molar-refractivity contribution in [3.8, 4) is 23.0 Å². The van der Waals surface area contributed by atoms with E-state index in [0.717, 1.165) is 49.4 Å². The van der Waals surface area contributed by atoms with E-state index < -0.39 is 0 Å². The second-order valence-electron chi connectivity index (χ2n) is 9.55. The van der Waals surface area contributed by atoms with Crippen LogP contribution in [-0.4, -0.2) is 0 Å². The summed E-state index contributed by atoms with van der Waals surface area (Å²) in [5, 5.41) is 5.49. The lowest BCUT2D eigenvalue weighted by atomic mass is 10.1. The molecule has 4 heterocycles. The Morgan fingerprint density at radius 3 is 1.71 bits per heavy atom. The number of rotatable bonds is 0. The number of nitrogens with zero attached hydrogens (tertiary/aromatic N) is 2. The molecule has 2 aliphatic heterocycles. The van der Waals surface area contributed by atoms with Crippen molar-refractivity contribution in [3.63, 3.8) is 0 Å². The quantitative estimate of drug-likeness (QED) is 0.203. The molecule has 0 saturated carbocycles. The average molecular weight is 515 g/mol. The standard InChI is InChI=1S/C31H15ClN2O4/c1-14-28-31(38-26-13-24-17(10-19(26)33-28)15-6-2-4-8-21(15)36-24)27(32)29-30(14)37-25-12-23-18(11-20(25)34-29)16-7-3-5-9-22(16)35-23/h2-13H,1H3. The van der Waals surface area contributed by atoms with Crippen molar-refractivity contribution in [1.82, 2.24) is 0 Å². The van der Waals surface area contributed by atoms with Gasteiger partial charge in [0.05, 0.1) is 0 Å². The van der Waals surface area contributed by atoms with E-state index in [1.165, 1.54) is 0 Å². The van der Waals surface area contributed by atoms with Crippen LogP contribution in [0.15, 0.2) is 91.6 Å². The molecule has 0 amide bonds. The summed E-state index contributed by atoms with van der Waals surface area (Å²) < 4.78 is 24.8. The molecule has 0 aliphatic carbocycles. The summed E-state index contributed by atoms with van der Waals surface area (Å²) in [6.45, 7) is 1.94. The number of furan rings is 2. The molecule has 7 heteroatoms. The van der Waals surface area contributed by atoms with Crippen LogP contribution in [0, 0.1) is 6.92 Å². The zero-order valence-electron chi connectivity index (χ0n) is 19.8. The Bertz CT molecular complexity index is 2170. The molecule has 0 spiro atoms. The van der Waals surface area contributed by atoms with Gasteiger partial charge in [0.1, 0.15) is 49.4 Å². The lowest BCUT2D eigenvalue weighted by molar-refractivity contribution is 0.447. The molecule has 0 bridgehead atoms. The molecular formula is C31H15ClN2O4. The van der Waals surface area contributed by atoms with E-state index in [4.69, 9.17) is 39.9 Å². The zero-order valence-corrected chi connectivity index (χ0v) is 20.6. The third kappa shape index (κ3) is 2.57. The third-order valence-corrected chi connectivity index (χ3v) is 7.69. The first-order chi connectivity index (χ1) is 18.6. The van der Waals surface area contributed by atoms with E-state index in [2.05, 4.69) is 0 Å². The maximum Gasteiger partial charge on any atom is 0.174 e. The number of hydrogen-bond acceptors (Lipinski definition) is 6. The van der Waals surface area contributed by atoms with Gasteiger partial charge in [-0.05, 0) is 31.2 Å². The van der Waals surface area contributed by atoms with E-state index in [9.17, 15) is 0 Å². The van der Waals surface area contributed by atoms with Gasteiger partial charge in [-0.3, -0.25) is 0 Å². The van der Waals surface area contributed by atoms with Crippen molar-refractivity contribution < 1.29 is 18.3 Å². The van der Waals surface area contributed by atoms with Gasteiger partial charge in [-0.1, -0.05) is 48.0 Å². The highest BCUT2D eigenvalue weighted by Crippen LogP contribution is 2.45. The minimum atomic E-state index is 0.350. The van der Waals surface area contributed by atoms with E-state index in [-0.39, 0.29) is 0 Å². The first-order valence-corrected chi connectivity index (χ1v) is 12.6. The predicted octanol–water partition coefficient (Wildman–Crippen LogP) is 8.56. The van der Waals surface area contributed by atoms with Gasteiger partial charge in [0.2, 0.25) is 0 Å². The Morgan fingerprint density at radius 2 is 1.11 bits per heavy atom. The van der Waals surface area contributed by atoms with Crippen LogP contribution >= 0.6 is 11.6 Å². The average Bonchev–Trinajstić information content (AvgIpc) is 3.49. The van der Waals surface area contributed by atoms with E-state index in [0.29, 0.717) is 50.1 Å². The number of benzene rings is 5. The molecule has 5 aromatic carbocycles. The van der Waals surface area contributed by atoms with Crippen molar-refractivity contribution in [2.45, 2.75) is 6.92 Å². The Hall–Kier alpha value is -4.81. The van der Waals surface area contributed by atoms with Crippen molar-refractivity contribution >= 4 is 66.9 Å². The summed E-state index contributed by atoms with van der Waals surface area (Å²) >= 11 is 6.92. The highest BCUT2D eigenvalue weighted by molar-refractivity contribution is 6.32. The summed E-state index contributed by atoms with van der Waals surface area (Å²) in [4.78, 5) is 9.87. The molecule has 0 unspecified atom stereocenters. The monoisotopic (exact) mass is 514 g/mol.